The SMILES string of the molecule is C[Si](C)(C)c1cn[nH]n1. The molecule has 1 N–H and O–H groups in total. The van der Waals surface area contributed by atoms with Crippen molar-refractivity contribution in [1.29, 1.82) is 0 Å². The normalized spacial score (nSPS) is 11.9. The average Bonchev–Trinajstić information content (AvgIpc) is 2.08. The lowest BCUT2D eigenvalue weighted by Gasteiger charge is -2.09. The van der Waals surface area contributed by atoms with Crippen LogP contribution < -0.4 is 5.32 Å². The Bertz CT molecular complexity index is 175. The van der Waals surface area contributed by atoms with Crippen LogP contribution in [0.5, 0.6) is 0 Å². The monoisotopic (exact) mass is 141 g/mol. The van der Waals surface area contributed by atoms with E-state index in [2.05, 4.69) is 35.1 Å². The minimum Gasteiger partial charge on any atom is -0.198 e. The van der Waals surface area contributed by atoms with Crippen molar-refractivity contribution in [1.82, 2.24) is 15.4 Å². The summed E-state index contributed by atoms with van der Waals surface area (Å²) < 4.78 is 0. The highest BCUT2D eigenvalue weighted by Crippen LogP contribution is 1.96. The topological polar surface area (TPSA) is 41.6 Å². The Labute approximate surface area is 55.5 Å². The van der Waals surface area contributed by atoms with E-state index in [1.165, 1.54) is 0 Å². The highest BCUT2D eigenvalue weighted by molar-refractivity contribution is 6.88. The number of H-pyrrole nitrogens is 1. The van der Waals surface area contributed by atoms with Crippen LogP contribution in [0.4, 0.5) is 0 Å². The van der Waals surface area contributed by atoms with Gasteiger partial charge in [0.05, 0.1) is 11.5 Å². The summed E-state index contributed by atoms with van der Waals surface area (Å²) in [5.41, 5.74) is 0. The lowest BCUT2D eigenvalue weighted by molar-refractivity contribution is 0.945. The lowest BCUT2D eigenvalue weighted by Crippen LogP contribution is -2.38. The van der Waals surface area contributed by atoms with Crippen LogP contribution in [0.3, 0.4) is 0 Å². The first kappa shape index (κ1) is 6.48. The van der Waals surface area contributed by atoms with Gasteiger partial charge >= 0.3 is 0 Å². The first-order valence-corrected chi connectivity index (χ1v) is 6.47. The van der Waals surface area contributed by atoms with Crippen molar-refractivity contribution in [3.63, 3.8) is 0 Å². The van der Waals surface area contributed by atoms with E-state index in [-0.39, 0.29) is 0 Å². The van der Waals surface area contributed by atoms with Gasteiger partial charge in [0.25, 0.3) is 0 Å². The van der Waals surface area contributed by atoms with Gasteiger partial charge in [0.2, 0.25) is 0 Å². The molecule has 1 aromatic heterocycles. The highest BCUT2D eigenvalue weighted by Gasteiger charge is 2.18. The van der Waals surface area contributed by atoms with Gasteiger partial charge in [-0.1, -0.05) is 19.6 Å². The summed E-state index contributed by atoms with van der Waals surface area (Å²) in [7, 11) is -1.19. The van der Waals surface area contributed by atoms with Crippen molar-refractivity contribution in [3.8, 4) is 0 Å². The standard InChI is InChI=1S/C5H11N3Si/c1-9(2,3)5-4-6-8-7-5/h4H,1-3H3,(H,6,7,8). The molecule has 1 aromatic rings. The molecule has 0 aromatic carbocycles. The third-order valence-corrected chi connectivity index (χ3v) is 2.96. The van der Waals surface area contributed by atoms with Crippen molar-refractivity contribution in [2.45, 2.75) is 19.6 Å². The summed E-state index contributed by atoms with van der Waals surface area (Å²) in [5.74, 6) is 0. The second-order valence-corrected chi connectivity index (χ2v) is 8.12. The molecule has 0 amide bonds. The predicted octanol–water partition coefficient (Wildman–Crippen LogP) is 0.350. The molecule has 50 valence electrons. The zero-order chi connectivity index (χ0) is 6.91. The maximum atomic E-state index is 4.01. The van der Waals surface area contributed by atoms with Crippen molar-refractivity contribution < 1.29 is 0 Å². The first-order valence-electron chi connectivity index (χ1n) is 2.97. The molecule has 0 saturated carbocycles. The van der Waals surface area contributed by atoms with Crippen molar-refractivity contribution in [2.75, 3.05) is 0 Å². The third-order valence-electron chi connectivity index (χ3n) is 1.18. The number of hydrogen-bond donors (Lipinski definition) is 1. The molecule has 4 heteroatoms. The maximum Gasteiger partial charge on any atom is 0.106 e. The van der Waals surface area contributed by atoms with Crippen LogP contribution in [0.2, 0.25) is 19.6 Å². The molecular formula is C5H11N3Si. The number of nitrogens with one attached hydrogen (secondary N) is 1. The van der Waals surface area contributed by atoms with Gasteiger partial charge in [-0.15, -0.1) is 0 Å². The molecule has 9 heavy (non-hydrogen) atoms. The Balaban J connectivity index is 2.90. The Kier molecular flexibility index (Phi) is 1.40. The third kappa shape index (κ3) is 1.38. The molecule has 0 spiro atoms. The van der Waals surface area contributed by atoms with E-state index < -0.39 is 8.07 Å². The molecule has 0 fully saturated rings. The van der Waals surface area contributed by atoms with Gasteiger partial charge in [-0.3, -0.25) is 0 Å². The van der Waals surface area contributed by atoms with Crippen LogP contribution in [0.15, 0.2) is 6.20 Å². The van der Waals surface area contributed by atoms with E-state index in [9.17, 15) is 0 Å². The van der Waals surface area contributed by atoms with Crippen molar-refractivity contribution in [3.05, 3.63) is 6.20 Å². The van der Waals surface area contributed by atoms with Gasteiger partial charge in [-0.05, 0) is 0 Å². The molecule has 0 aliphatic heterocycles. The number of aromatic nitrogens is 3. The molecule has 0 aliphatic rings. The number of nitrogens with zero attached hydrogens (tertiary/aromatic N) is 2. The fourth-order valence-corrected chi connectivity index (χ4v) is 1.40. The highest BCUT2D eigenvalue weighted by atomic mass is 28.3. The molecule has 0 saturated heterocycles. The smallest absolute Gasteiger partial charge is 0.106 e. The van der Waals surface area contributed by atoms with Gasteiger partial charge < -0.3 is 0 Å². The van der Waals surface area contributed by atoms with Crippen LogP contribution >= 0.6 is 0 Å². The molecular weight excluding hydrogens is 130 g/mol. The summed E-state index contributed by atoms with van der Waals surface area (Å²) >= 11 is 0. The first-order chi connectivity index (χ1) is 4.11. The molecule has 1 heterocycles. The molecule has 0 atom stereocenters. The van der Waals surface area contributed by atoms with Crippen molar-refractivity contribution >= 4 is 13.4 Å². The fraction of sp³-hybridized carbons (Fsp3) is 0.600. The van der Waals surface area contributed by atoms with E-state index in [1.807, 2.05) is 6.20 Å². The summed E-state index contributed by atoms with van der Waals surface area (Å²) in [6, 6.07) is 0. The van der Waals surface area contributed by atoms with Crippen LogP contribution in [0, 0.1) is 0 Å². The minimum atomic E-state index is -1.19. The van der Waals surface area contributed by atoms with Gasteiger partial charge in [0.15, 0.2) is 0 Å². The predicted molar refractivity (Wildman–Crippen MR) is 39.4 cm³/mol. The largest absolute Gasteiger partial charge is 0.198 e. The Morgan fingerprint density at radius 1 is 1.44 bits per heavy atom. The van der Waals surface area contributed by atoms with E-state index in [1.54, 1.807) is 0 Å². The summed E-state index contributed by atoms with van der Waals surface area (Å²) in [5, 5.41) is 11.5. The Morgan fingerprint density at radius 3 is 2.33 bits per heavy atom. The summed E-state index contributed by atoms with van der Waals surface area (Å²) in [6.07, 6.45) is 1.81. The Hall–Kier alpha value is -0.643. The Morgan fingerprint density at radius 2 is 2.11 bits per heavy atom. The summed E-state index contributed by atoms with van der Waals surface area (Å²) in [6.45, 7) is 6.72. The van der Waals surface area contributed by atoms with Crippen molar-refractivity contribution in [2.24, 2.45) is 0 Å². The molecule has 0 bridgehead atoms. The van der Waals surface area contributed by atoms with Gasteiger partial charge in [0.1, 0.15) is 8.07 Å². The van der Waals surface area contributed by atoms with E-state index >= 15 is 0 Å². The molecule has 0 aliphatic carbocycles. The second-order valence-electron chi connectivity index (χ2n) is 3.11. The molecule has 0 unspecified atom stereocenters. The van der Waals surface area contributed by atoms with E-state index in [0.29, 0.717) is 0 Å². The lowest BCUT2D eigenvalue weighted by atomic mass is 10.9. The maximum absolute atomic E-state index is 4.01. The zero-order valence-corrected chi connectivity index (χ0v) is 6.97. The molecule has 0 radical (unpaired) electrons. The van der Waals surface area contributed by atoms with Gasteiger partial charge in [0, 0.05) is 0 Å². The van der Waals surface area contributed by atoms with Crippen LogP contribution in [0.25, 0.3) is 0 Å². The molecule has 1 rings (SSSR count). The second kappa shape index (κ2) is 1.95. The average molecular weight is 141 g/mol. The van der Waals surface area contributed by atoms with Gasteiger partial charge in [-0.2, -0.15) is 15.4 Å². The quantitative estimate of drug-likeness (QED) is 0.573. The van der Waals surface area contributed by atoms with E-state index in [4.69, 9.17) is 0 Å². The zero-order valence-electron chi connectivity index (χ0n) is 5.97. The molecule has 3 nitrogen and oxygen atoms in total. The minimum absolute atomic E-state index is 1.14. The van der Waals surface area contributed by atoms with Crippen LogP contribution in [0.1, 0.15) is 0 Å². The van der Waals surface area contributed by atoms with Crippen LogP contribution in [-0.4, -0.2) is 23.5 Å². The number of rotatable bonds is 1. The summed E-state index contributed by atoms with van der Waals surface area (Å²) in [4.78, 5) is 0. The van der Waals surface area contributed by atoms with Gasteiger partial charge in [-0.25, -0.2) is 0 Å². The van der Waals surface area contributed by atoms with Crippen LogP contribution in [-0.2, 0) is 0 Å². The number of hydrogen-bond acceptors (Lipinski definition) is 2. The fourth-order valence-electron chi connectivity index (χ4n) is 0.563. The number of aromatic amines is 1. The van der Waals surface area contributed by atoms with E-state index in [0.717, 1.165) is 5.32 Å².